The van der Waals surface area contributed by atoms with Crippen LogP contribution in [0, 0.1) is 0 Å². The van der Waals surface area contributed by atoms with Crippen molar-refractivity contribution >= 4 is 6.09 Å². The van der Waals surface area contributed by atoms with Gasteiger partial charge in [0.1, 0.15) is 5.60 Å². The van der Waals surface area contributed by atoms with Gasteiger partial charge < -0.3 is 15.0 Å². The fourth-order valence-electron chi connectivity index (χ4n) is 2.80. The molecule has 0 bridgehead atoms. The average molecular weight is 312 g/mol. The van der Waals surface area contributed by atoms with Gasteiger partial charge in [0.2, 0.25) is 0 Å². The number of ether oxygens (including phenoxy) is 1. The highest BCUT2D eigenvalue weighted by molar-refractivity contribution is 5.68. The summed E-state index contributed by atoms with van der Waals surface area (Å²) in [6.07, 6.45) is 8.40. The number of hydrogen-bond donors (Lipinski definition) is 1. The summed E-state index contributed by atoms with van der Waals surface area (Å²) in [5.74, 6) is 0. The molecule has 0 aromatic carbocycles. The molecule has 1 amide bonds. The lowest BCUT2D eigenvalue weighted by Gasteiger charge is -2.40. The number of rotatable bonds is 7. The Balaban J connectivity index is 2.24. The number of amides is 1. The lowest BCUT2D eigenvalue weighted by atomic mass is 9.89. The molecule has 0 aliphatic carbocycles. The SMILES string of the molecule is CCCCCCCNC1(C)CCN(C(=O)OC(C)(C)C)CC1. The van der Waals surface area contributed by atoms with Gasteiger partial charge >= 0.3 is 6.09 Å². The Bertz CT molecular complexity index is 328. The third-order valence-electron chi connectivity index (χ3n) is 4.35. The summed E-state index contributed by atoms with van der Waals surface area (Å²) in [5, 5.41) is 3.70. The van der Waals surface area contributed by atoms with E-state index >= 15 is 0 Å². The molecule has 1 fully saturated rings. The summed E-state index contributed by atoms with van der Waals surface area (Å²) < 4.78 is 5.45. The van der Waals surface area contributed by atoms with Gasteiger partial charge in [-0.2, -0.15) is 0 Å². The van der Waals surface area contributed by atoms with Crippen LogP contribution in [0.3, 0.4) is 0 Å². The largest absolute Gasteiger partial charge is 0.444 e. The van der Waals surface area contributed by atoms with Crippen LogP contribution in [-0.4, -0.2) is 41.8 Å². The molecule has 0 aromatic rings. The van der Waals surface area contributed by atoms with E-state index in [0.717, 1.165) is 32.5 Å². The number of likely N-dealkylation sites (tertiary alicyclic amines) is 1. The smallest absolute Gasteiger partial charge is 0.410 e. The molecule has 1 rings (SSSR count). The van der Waals surface area contributed by atoms with Crippen LogP contribution in [0.5, 0.6) is 0 Å². The second-order valence-electron chi connectivity index (χ2n) is 7.87. The van der Waals surface area contributed by atoms with Crippen molar-refractivity contribution in [2.75, 3.05) is 19.6 Å². The van der Waals surface area contributed by atoms with E-state index in [4.69, 9.17) is 4.74 Å². The number of piperidine rings is 1. The second-order valence-corrected chi connectivity index (χ2v) is 7.87. The van der Waals surface area contributed by atoms with Crippen LogP contribution in [0.2, 0.25) is 0 Å². The zero-order valence-corrected chi connectivity index (χ0v) is 15.3. The van der Waals surface area contributed by atoms with Crippen LogP contribution in [0.1, 0.15) is 79.6 Å². The molecule has 1 aliphatic rings. The van der Waals surface area contributed by atoms with Crippen molar-refractivity contribution < 1.29 is 9.53 Å². The summed E-state index contributed by atoms with van der Waals surface area (Å²) in [7, 11) is 0. The Morgan fingerprint density at radius 3 is 2.27 bits per heavy atom. The van der Waals surface area contributed by atoms with E-state index in [1.165, 1.54) is 32.1 Å². The minimum atomic E-state index is -0.408. The maximum atomic E-state index is 12.1. The fourth-order valence-corrected chi connectivity index (χ4v) is 2.80. The van der Waals surface area contributed by atoms with E-state index < -0.39 is 5.60 Å². The quantitative estimate of drug-likeness (QED) is 0.711. The lowest BCUT2D eigenvalue weighted by molar-refractivity contribution is 0.0158. The van der Waals surface area contributed by atoms with Crippen LogP contribution in [-0.2, 0) is 4.74 Å². The Morgan fingerprint density at radius 1 is 1.14 bits per heavy atom. The zero-order valence-electron chi connectivity index (χ0n) is 15.3. The number of carbonyl (C=O) groups excluding carboxylic acids is 1. The van der Waals surface area contributed by atoms with Crippen molar-refractivity contribution in [3.63, 3.8) is 0 Å². The van der Waals surface area contributed by atoms with E-state index in [9.17, 15) is 4.79 Å². The predicted octanol–water partition coefficient (Wildman–Crippen LogP) is 4.34. The summed E-state index contributed by atoms with van der Waals surface area (Å²) in [6.45, 7) is 12.9. The van der Waals surface area contributed by atoms with Crippen molar-refractivity contribution in [1.29, 1.82) is 0 Å². The first-order chi connectivity index (χ1) is 10.3. The number of nitrogens with one attached hydrogen (secondary N) is 1. The summed E-state index contributed by atoms with van der Waals surface area (Å²) in [5.41, 5.74) is -0.238. The Hall–Kier alpha value is -0.770. The lowest BCUT2D eigenvalue weighted by Crippen LogP contribution is -2.53. The normalized spacial score (nSPS) is 18.3. The minimum Gasteiger partial charge on any atom is -0.444 e. The topological polar surface area (TPSA) is 41.6 Å². The predicted molar refractivity (Wildman–Crippen MR) is 92.2 cm³/mol. The number of hydrogen-bond acceptors (Lipinski definition) is 3. The molecule has 1 N–H and O–H groups in total. The molecule has 0 atom stereocenters. The van der Waals surface area contributed by atoms with Crippen molar-refractivity contribution in [1.82, 2.24) is 10.2 Å². The van der Waals surface area contributed by atoms with Gasteiger partial charge in [-0.3, -0.25) is 0 Å². The molecule has 0 radical (unpaired) electrons. The monoisotopic (exact) mass is 312 g/mol. The molecular weight excluding hydrogens is 276 g/mol. The van der Waals surface area contributed by atoms with Gasteiger partial charge in [-0.05, 0) is 53.5 Å². The molecule has 1 saturated heterocycles. The number of nitrogens with zero attached hydrogens (tertiary/aromatic N) is 1. The van der Waals surface area contributed by atoms with E-state index in [0.29, 0.717) is 0 Å². The molecule has 0 spiro atoms. The van der Waals surface area contributed by atoms with Crippen LogP contribution < -0.4 is 5.32 Å². The Kier molecular flexibility index (Phi) is 7.67. The molecule has 130 valence electrons. The summed E-state index contributed by atoms with van der Waals surface area (Å²) in [4.78, 5) is 13.9. The van der Waals surface area contributed by atoms with Gasteiger partial charge in [0, 0.05) is 18.6 Å². The van der Waals surface area contributed by atoms with E-state index in [1.54, 1.807) is 0 Å². The van der Waals surface area contributed by atoms with Crippen LogP contribution >= 0.6 is 0 Å². The average Bonchev–Trinajstić information content (AvgIpc) is 2.41. The minimum absolute atomic E-state index is 0.170. The van der Waals surface area contributed by atoms with Gasteiger partial charge in [0.05, 0.1) is 0 Å². The molecule has 4 nitrogen and oxygen atoms in total. The molecule has 0 saturated carbocycles. The van der Waals surface area contributed by atoms with E-state index in [-0.39, 0.29) is 11.6 Å². The van der Waals surface area contributed by atoms with E-state index in [1.807, 2.05) is 25.7 Å². The highest BCUT2D eigenvalue weighted by Gasteiger charge is 2.32. The van der Waals surface area contributed by atoms with Crippen molar-refractivity contribution in [2.45, 2.75) is 90.7 Å². The Morgan fingerprint density at radius 2 is 1.73 bits per heavy atom. The fraction of sp³-hybridized carbons (Fsp3) is 0.944. The first-order valence-corrected chi connectivity index (χ1v) is 8.99. The van der Waals surface area contributed by atoms with Gasteiger partial charge in [0.25, 0.3) is 0 Å². The highest BCUT2D eigenvalue weighted by Crippen LogP contribution is 2.23. The van der Waals surface area contributed by atoms with Gasteiger partial charge in [-0.1, -0.05) is 32.6 Å². The summed E-state index contributed by atoms with van der Waals surface area (Å²) >= 11 is 0. The van der Waals surface area contributed by atoms with Crippen LogP contribution in [0.4, 0.5) is 4.79 Å². The molecule has 1 heterocycles. The first-order valence-electron chi connectivity index (χ1n) is 8.99. The first kappa shape index (κ1) is 19.3. The van der Waals surface area contributed by atoms with Crippen LogP contribution in [0.15, 0.2) is 0 Å². The standard InChI is InChI=1S/C18H36N2O2/c1-6-7-8-9-10-13-19-18(5)11-14-20(15-12-18)16(21)22-17(2,3)4/h19H,6-15H2,1-5H3. The Labute approximate surface area is 137 Å². The molecule has 4 heteroatoms. The van der Waals surface area contributed by atoms with Gasteiger partial charge in [-0.25, -0.2) is 4.79 Å². The maximum absolute atomic E-state index is 12.1. The molecular formula is C18H36N2O2. The second kappa shape index (κ2) is 8.76. The molecule has 1 aliphatic heterocycles. The third kappa shape index (κ3) is 7.48. The summed E-state index contributed by atoms with van der Waals surface area (Å²) in [6, 6.07) is 0. The number of unbranched alkanes of at least 4 members (excludes halogenated alkanes) is 4. The van der Waals surface area contributed by atoms with Crippen LogP contribution in [0.25, 0.3) is 0 Å². The highest BCUT2D eigenvalue weighted by atomic mass is 16.6. The molecule has 0 unspecified atom stereocenters. The van der Waals surface area contributed by atoms with E-state index in [2.05, 4.69) is 19.2 Å². The van der Waals surface area contributed by atoms with Crippen molar-refractivity contribution in [2.24, 2.45) is 0 Å². The number of carbonyl (C=O) groups is 1. The maximum Gasteiger partial charge on any atom is 0.410 e. The molecule has 0 aromatic heterocycles. The van der Waals surface area contributed by atoms with Gasteiger partial charge in [-0.15, -0.1) is 0 Å². The van der Waals surface area contributed by atoms with Crippen molar-refractivity contribution in [3.8, 4) is 0 Å². The van der Waals surface area contributed by atoms with Gasteiger partial charge in [0.15, 0.2) is 0 Å². The third-order valence-corrected chi connectivity index (χ3v) is 4.35. The van der Waals surface area contributed by atoms with Crippen molar-refractivity contribution in [3.05, 3.63) is 0 Å². The molecule has 22 heavy (non-hydrogen) atoms. The zero-order chi connectivity index (χ0) is 16.6.